The molecule has 4 heteroatoms. The lowest BCUT2D eigenvalue weighted by Gasteiger charge is -2.20. The molecule has 0 spiro atoms. The van der Waals surface area contributed by atoms with Crippen molar-refractivity contribution < 1.29 is 9.84 Å². The van der Waals surface area contributed by atoms with Crippen LogP contribution in [0.25, 0.3) is 0 Å². The van der Waals surface area contributed by atoms with Gasteiger partial charge < -0.3 is 20.9 Å². The van der Waals surface area contributed by atoms with Crippen LogP contribution in [0.1, 0.15) is 19.8 Å². The molecule has 0 saturated carbocycles. The van der Waals surface area contributed by atoms with Crippen LogP contribution >= 0.6 is 0 Å². The van der Waals surface area contributed by atoms with E-state index in [1.54, 1.807) is 18.2 Å². The average molecular weight is 248 g/mol. The van der Waals surface area contributed by atoms with Crippen LogP contribution in [0.15, 0.2) is 36.2 Å². The lowest BCUT2D eigenvalue weighted by atomic mass is 10.0. The third kappa shape index (κ3) is 3.32. The van der Waals surface area contributed by atoms with Gasteiger partial charge in [-0.15, -0.1) is 0 Å². The molecule has 1 aliphatic heterocycles. The Morgan fingerprint density at radius 2 is 2.39 bits per heavy atom. The minimum absolute atomic E-state index is 0.140. The summed E-state index contributed by atoms with van der Waals surface area (Å²) >= 11 is 0. The molecule has 98 valence electrons. The molecule has 1 aromatic rings. The van der Waals surface area contributed by atoms with Crippen LogP contribution in [0.4, 0.5) is 0 Å². The lowest BCUT2D eigenvalue weighted by Crippen LogP contribution is -2.22. The van der Waals surface area contributed by atoms with Crippen molar-refractivity contribution in [3.05, 3.63) is 36.2 Å². The van der Waals surface area contributed by atoms with Gasteiger partial charge >= 0.3 is 0 Å². The Kier molecular flexibility index (Phi) is 3.97. The molecule has 2 rings (SSSR count). The maximum absolute atomic E-state index is 9.40. The van der Waals surface area contributed by atoms with E-state index in [2.05, 4.69) is 18.3 Å². The van der Waals surface area contributed by atoms with Gasteiger partial charge in [0.2, 0.25) is 0 Å². The maximum Gasteiger partial charge on any atom is 0.123 e. The first kappa shape index (κ1) is 12.6. The summed E-state index contributed by atoms with van der Waals surface area (Å²) in [6.07, 6.45) is 4.05. The van der Waals surface area contributed by atoms with Gasteiger partial charge in [-0.1, -0.05) is 13.0 Å². The molecule has 0 aromatic heterocycles. The molecule has 4 nitrogen and oxygen atoms in total. The van der Waals surface area contributed by atoms with Crippen LogP contribution in [0, 0.1) is 5.92 Å². The van der Waals surface area contributed by atoms with Crippen molar-refractivity contribution >= 4 is 0 Å². The van der Waals surface area contributed by atoms with Crippen LogP contribution < -0.4 is 15.8 Å². The number of phenolic OH excluding ortho intramolecular Hbond substituents is 1. The van der Waals surface area contributed by atoms with Gasteiger partial charge in [-0.2, -0.15) is 0 Å². The van der Waals surface area contributed by atoms with Crippen LogP contribution in [0.2, 0.25) is 0 Å². The number of benzene rings is 1. The van der Waals surface area contributed by atoms with Gasteiger partial charge in [0, 0.05) is 18.5 Å². The second-order valence-corrected chi connectivity index (χ2v) is 4.64. The van der Waals surface area contributed by atoms with Gasteiger partial charge in [-0.05, 0) is 31.1 Å². The average Bonchev–Trinajstić information content (AvgIpc) is 2.74. The molecule has 0 unspecified atom stereocenters. The van der Waals surface area contributed by atoms with Gasteiger partial charge in [0.05, 0.1) is 11.9 Å². The lowest BCUT2D eigenvalue weighted by molar-refractivity contribution is 0.173. The molecule has 4 N–H and O–H groups in total. The van der Waals surface area contributed by atoms with E-state index in [-0.39, 0.29) is 11.9 Å². The monoisotopic (exact) mass is 248 g/mol. The maximum atomic E-state index is 9.40. The fourth-order valence-electron chi connectivity index (χ4n) is 2.16. The number of rotatable bonds is 5. The van der Waals surface area contributed by atoms with Crippen molar-refractivity contribution in [1.82, 2.24) is 5.32 Å². The third-order valence-electron chi connectivity index (χ3n) is 3.12. The highest BCUT2D eigenvalue weighted by Gasteiger charge is 2.19. The Morgan fingerprint density at radius 3 is 3.00 bits per heavy atom. The van der Waals surface area contributed by atoms with E-state index >= 15 is 0 Å². The number of phenols is 1. The van der Waals surface area contributed by atoms with Crippen LogP contribution in [-0.2, 0) is 0 Å². The minimum Gasteiger partial charge on any atom is -0.508 e. The fourth-order valence-corrected chi connectivity index (χ4v) is 2.16. The van der Waals surface area contributed by atoms with Crippen LogP contribution in [0.5, 0.6) is 11.5 Å². The molecule has 1 aromatic carbocycles. The molecule has 18 heavy (non-hydrogen) atoms. The van der Waals surface area contributed by atoms with Gasteiger partial charge in [0.1, 0.15) is 11.5 Å². The van der Waals surface area contributed by atoms with Gasteiger partial charge in [0.15, 0.2) is 0 Å². The Bertz CT molecular complexity index is 432. The Hall–Kier alpha value is -1.84. The highest BCUT2D eigenvalue weighted by molar-refractivity contribution is 5.31. The number of nitrogens with two attached hydrogens (primary N) is 1. The second-order valence-electron chi connectivity index (χ2n) is 4.64. The molecular formula is C14H20N2O2. The molecule has 0 fully saturated rings. The SMILES string of the molecule is CC[C@@H](C[C@H]1C=C(N)NC1)Oc1cccc(O)c1. The molecular weight excluding hydrogens is 228 g/mol. The number of nitrogens with one attached hydrogen (secondary N) is 1. The number of hydrogen-bond donors (Lipinski definition) is 3. The summed E-state index contributed by atoms with van der Waals surface area (Å²) in [5.41, 5.74) is 5.69. The predicted molar refractivity (Wildman–Crippen MR) is 71.2 cm³/mol. The predicted octanol–water partition coefficient (Wildman–Crippen LogP) is 1.96. The topological polar surface area (TPSA) is 67.5 Å². The van der Waals surface area contributed by atoms with E-state index in [0.29, 0.717) is 11.7 Å². The highest BCUT2D eigenvalue weighted by atomic mass is 16.5. The highest BCUT2D eigenvalue weighted by Crippen LogP contribution is 2.23. The van der Waals surface area contributed by atoms with Crippen molar-refractivity contribution in [2.75, 3.05) is 6.54 Å². The van der Waals surface area contributed by atoms with E-state index in [1.165, 1.54) is 0 Å². The molecule has 1 aliphatic rings. The summed E-state index contributed by atoms with van der Waals surface area (Å²) in [5, 5.41) is 12.5. The quantitative estimate of drug-likeness (QED) is 0.745. The number of hydrogen-bond acceptors (Lipinski definition) is 4. The fraction of sp³-hybridized carbons (Fsp3) is 0.429. The molecule has 0 saturated heterocycles. The molecule has 0 amide bonds. The first-order valence-electron chi connectivity index (χ1n) is 6.34. The Balaban J connectivity index is 1.93. The standard InChI is InChI=1S/C14H20N2O2/c1-2-12(6-10-7-14(15)16-9-10)18-13-5-3-4-11(17)8-13/h3-5,7-8,10,12,16-17H,2,6,9,15H2,1H3/t10-,12-/m0/s1. The van der Waals surface area contributed by atoms with Crippen LogP contribution in [-0.4, -0.2) is 17.8 Å². The molecule has 0 aliphatic carbocycles. The summed E-state index contributed by atoms with van der Waals surface area (Å²) < 4.78 is 5.88. The molecule has 0 bridgehead atoms. The normalized spacial score (nSPS) is 20.1. The third-order valence-corrected chi connectivity index (χ3v) is 3.12. The Morgan fingerprint density at radius 1 is 1.56 bits per heavy atom. The molecule has 0 radical (unpaired) electrons. The number of aromatic hydroxyl groups is 1. The smallest absolute Gasteiger partial charge is 0.123 e. The zero-order chi connectivity index (χ0) is 13.0. The second kappa shape index (κ2) is 5.67. The van der Waals surface area contributed by atoms with Crippen molar-refractivity contribution in [2.45, 2.75) is 25.9 Å². The van der Waals surface area contributed by atoms with Gasteiger partial charge in [-0.3, -0.25) is 0 Å². The van der Waals surface area contributed by atoms with Crippen molar-refractivity contribution in [3.63, 3.8) is 0 Å². The van der Waals surface area contributed by atoms with Crippen LogP contribution in [0.3, 0.4) is 0 Å². The zero-order valence-corrected chi connectivity index (χ0v) is 10.6. The minimum atomic E-state index is 0.140. The largest absolute Gasteiger partial charge is 0.508 e. The summed E-state index contributed by atoms with van der Waals surface area (Å²) in [4.78, 5) is 0. The van der Waals surface area contributed by atoms with E-state index in [4.69, 9.17) is 10.5 Å². The summed E-state index contributed by atoms with van der Waals surface area (Å²) in [6.45, 7) is 2.98. The van der Waals surface area contributed by atoms with Gasteiger partial charge in [-0.25, -0.2) is 0 Å². The summed E-state index contributed by atoms with van der Waals surface area (Å²) in [6, 6.07) is 6.92. The zero-order valence-electron chi connectivity index (χ0n) is 10.6. The first-order valence-corrected chi connectivity index (χ1v) is 6.34. The van der Waals surface area contributed by atoms with E-state index in [0.717, 1.165) is 25.2 Å². The summed E-state index contributed by atoms with van der Waals surface area (Å²) in [5.74, 6) is 2.12. The first-order chi connectivity index (χ1) is 8.67. The van der Waals surface area contributed by atoms with Crippen molar-refractivity contribution in [3.8, 4) is 11.5 Å². The summed E-state index contributed by atoms with van der Waals surface area (Å²) in [7, 11) is 0. The Labute approximate surface area is 107 Å². The van der Waals surface area contributed by atoms with Crippen molar-refractivity contribution in [1.29, 1.82) is 0 Å². The van der Waals surface area contributed by atoms with Gasteiger partial charge in [0.25, 0.3) is 0 Å². The number of ether oxygens (including phenoxy) is 1. The molecule has 2 atom stereocenters. The van der Waals surface area contributed by atoms with E-state index in [1.807, 2.05) is 6.07 Å². The van der Waals surface area contributed by atoms with E-state index < -0.39 is 0 Å². The van der Waals surface area contributed by atoms with Crippen molar-refractivity contribution in [2.24, 2.45) is 11.7 Å². The van der Waals surface area contributed by atoms with E-state index in [9.17, 15) is 5.11 Å². The molecule has 1 heterocycles.